The maximum absolute atomic E-state index is 12.4. The van der Waals surface area contributed by atoms with Crippen LogP contribution in [0.4, 0.5) is 5.69 Å². The van der Waals surface area contributed by atoms with Crippen LogP contribution in [-0.4, -0.2) is 53.5 Å². The summed E-state index contributed by atoms with van der Waals surface area (Å²) in [5.41, 5.74) is 2.12. The molecule has 1 aromatic carbocycles. The average Bonchev–Trinajstić information content (AvgIpc) is 3.16. The molecule has 2 N–H and O–H groups in total. The Kier molecular flexibility index (Phi) is 5.07. The zero-order valence-electron chi connectivity index (χ0n) is 14.9. The van der Waals surface area contributed by atoms with Crippen LogP contribution in [0, 0.1) is 0 Å². The molecule has 0 aliphatic rings. The van der Waals surface area contributed by atoms with Gasteiger partial charge in [0.1, 0.15) is 5.69 Å². The van der Waals surface area contributed by atoms with Crippen molar-refractivity contribution in [3.63, 3.8) is 0 Å². The summed E-state index contributed by atoms with van der Waals surface area (Å²) in [5.74, 6) is -0.613. The number of pyridine rings is 1. The van der Waals surface area contributed by atoms with Crippen molar-refractivity contribution < 1.29 is 9.59 Å². The van der Waals surface area contributed by atoms with Crippen LogP contribution in [0.2, 0.25) is 0 Å². The molecule has 0 fully saturated rings. The third kappa shape index (κ3) is 3.90. The van der Waals surface area contributed by atoms with Gasteiger partial charge in [-0.15, -0.1) is 0 Å². The molecule has 0 spiro atoms. The second kappa shape index (κ2) is 7.61. The lowest BCUT2D eigenvalue weighted by Gasteiger charge is -2.09. The van der Waals surface area contributed by atoms with Crippen molar-refractivity contribution in [2.45, 2.75) is 0 Å². The molecular formula is C19H18N6O2. The van der Waals surface area contributed by atoms with E-state index in [1.54, 1.807) is 14.1 Å². The zero-order chi connectivity index (χ0) is 19.4. The normalized spacial score (nSPS) is 11.3. The number of benzene rings is 1. The molecule has 2 amide bonds. The first kappa shape index (κ1) is 18.0. The molecule has 0 unspecified atom stereocenters. The molecule has 0 radical (unpaired) electrons. The largest absolute Gasteiger partial charge is 0.361 e. The van der Waals surface area contributed by atoms with Crippen LogP contribution in [0.5, 0.6) is 0 Å². The van der Waals surface area contributed by atoms with Crippen LogP contribution in [0.3, 0.4) is 0 Å². The average molecular weight is 362 g/mol. The SMILES string of the molecule is C=NC(=Nc1cccc2[nH]ccc12)NC(=O)c1ccc(C(=O)N(C)C)nc1. The Hall–Kier alpha value is -3.81. The summed E-state index contributed by atoms with van der Waals surface area (Å²) in [6.07, 6.45) is 3.14. The Morgan fingerprint density at radius 2 is 2.00 bits per heavy atom. The summed E-state index contributed by atoms with van der Waals surface area (Å²) in [6.45, 7) is 3.46. The fourth-order valence-electron chi connectivity index (χ4n) is 2.44. The number of carbonyl (C=O) groups excluding carboxylic acids is 2. The highest BCUT2D eigenvalue weighted by Gasteiger charge is 2.13. The minimum Gasteiger partial charge on any atom is -0.361 e. The molecule has 0 atom stereocenters. The number of amides is 2. The van der Waals surface area contributed by atoms with E-state index in [4.69, 9.17) is 0 Å². The van der Waals surface area contributed by atoms with E-state index in [-0.39, 0.29) is 23.1 Å². The predicted molar refractivity (Wildman–Crippen MR) is 105 cm³/mol. The van der Waals surface area contributed by atoms with Crippen molar-refractivity contribution in [1.82, 2.24) is 20.2 Å². The number of aliphatic imine (C=N–C) groups is 2. The molecule has 2 heterocycles. The summed E-state index contributed by atoms with van der Waals surface area (Å²) < 4.78 is 0. The lowest BCUT2D eigenvalue weighted by atomic mass is 10.2. The van der Waals surface area contributed by atoms with E-state index < -0.39 is 5.91 Å². The van der Waals surface area contributed by atoms with Crippen molar-refractivity contribution in [2.75, 3.05) is 14.1 Å². The number of nitrogens with one attached hydrogen (secondary N) is 2. The summed E-state index contributed by atoms with van der Waals surface area (Å²) in [5, 5.41) is 3.50. The molecule has 8 nitrogen and oxygen atoms in total. The minimum atomic E-state index is -0.446. The van der Waals surface area contributed by atoms with Gasteiger partial charge in [-0.2, -0.15) is 0 Å². The van der Waals surface area contributed by atoms with Gasteiger partial charge in [0.05, 0.1) is 11.3 Å². The van der Waals surface area contributed by atoms with Crippen LogP contribution < -0.4 is 5.32 Å². The summed E-state index contributed by atoms with van der Waals surface area (Å²) >= 11 is 0. The zero-order valence-corrected chi connectivity index (χ0v) is 14.9. The molecule has 3 rings (SSSR count). The molecule has 3 aromatic rings. The third-order valence-corrected chi connectivity index (χ3v) is 3.82. The molecule has 0 aliphatic heterocycles. The standard InChI is InChI=1S/C19H18N6O2/c1-20-19(23-15-6-4-5-14-13(15)9-10-21-14)24-17(26)12-7-8-16(22-11-12)18(27)25(2)3/h4-11,21H,1H2,2-3H3,(H,23,24,26). The highest BCUT2D eigenvalue weighted by molar-refractivity contribution is 6.08. The number of hydrogen-bond donors (Lipinski definition) is 2. The van der Waals surface area contributed by atoms with E-state index in [2.05, 4.69) is 32.0 Å². The van der Waals surface area contributed by atoms with E-state index in [1.165, 1.54) is 23.2 Å². The smallest absolute Gasteiger partial charge is 0.271 e. The molecule has 0 bridgehead atoms. The van der Waals surface area contributed by atoms with Crippen molar-refractivity contribution in [1.29, 1.82) is 0 Å². The monoisotopic (exact) mass is 362 g/mol. The highest BCUT2D eigenvalue weighted by Crippen LogP contribution is 2.25. The van der Waals surface area contributed by atoms with Crippen LogP contribution in [0.1, 0.15) is 20.8 Å². The van der Waals surface area contributed by atoms with Crippen LogP contribution >= 0.6 is 0 Å². The summed E-state index contributed by atoms with van der Waals surface area (Å²) in [4.78, 5) is 41.0. The third-order valence-electron chi connectivity index (χ3n) is 3.82. The van der Waals surface area contributed by atoms with E-state index in [0.29, 0.717) is 5.69 Å². The molecule has 0 saturated heterocycles. The van der Waals surface area contributed by atoms with Crippen LogP contribution in [0.25, 0.3) is 10.9 Å². The molecule has 27 heavy (non-hydrogen) atoms. The van der Waals surface area contributed by atoms with Crippen molar-refractivity contribution in [3.8, 4) is 0 Å². The van der Waals surface area contributed by atoms with Crippen molar-refractivity contribution in [3.05, 3.63) is 60.0 Å². The molecule has 136 valence electrons. The van der Waals surface area contributed by atoms with Gasteiger partial charge in [-0.05, 0) is 37.0 Å². The van der Waals surface area contributed by atoms with Gasteiger partial charge in [-0.3, -0.25) is 19.9 Å². The highest BCUT2D eigenvalue weighted by atomic mass is 16.2. The number of hydrogen-bond acceptors (Lipinski definition) is 4. The number of rotatable bonds is 3. The topological polar surface area (TPSA) is 103 Å². The second-order valence-corrected chi connectivity index (χ2v) is 5.90. The Balaban J connectivity index is 1.80. The fourth-order valence-corrected chi connectivity index (χ4v) is 2.44. The van der Waals surface area contributed by atoms with Gasteiger partial charge in [-0.25, -0.2) is 9.98 Å². The summed E-state index contributed by atoms with van der Waals surface area (Å²) in [6, 6.07) is 10.5. The van der Waals surface area contributed by atoms with Crippen LogP contribution in [0.15, 0.2) is 58.8 Å². The summed E-state index contributed by atoms with van der Waals surface area (Å²) in [7, 11) is 3.27. The second-order valence-electron chi connectivity index (χ2n) is 5.90. The number of nitrogens with zero attached hydrogens (tertiary/aromatic N) is 4. The van der Waals surface area contributed by atoms with Gasteiger partial charge in [-0.1, -0.05) is 6.07 Å². The first-order valence-electron chi connectivity index (χ1n) is 8.10. The van der Waals surface area contributed by atoms with E-state index in [1.807, 2.05) is 30.5 Å². The molecular weight excluding hydrogens is 344 g/mol. The number of aromatic amines is 1. The number of carbonyl (C=O) groups is 2. The predicted octanol–water partition coefficient (Wildman–Crippen LogP) is 2.38. The number of H-pyrrole nitrogens is 1. The van der Waals surface area contributed by atoms with Crippen LogP contribution in [-0.2, 0) is 0 Å². The number of aromatic nitrogens is 2. The van der Waals surface area contributed by atoms with Gasteiger partial charge in [0.2, 0.25) is 5.96 Å². The maximum Gasteiger partial charge on any atom is 0.271 e. The van der Waals surface area contributed by atoms with Gasteiger partial charge < -0.3 is 9.88 Å². The number of fused-ring (bicyclic) bond motifs is 1. The Labute approximate surface area is 155 Å². The minimum absolute atomic E-state index is 0.0714. The van der Waals surface area contributed by atoms with E-state index in [0.717, 1.165) is 10.9 Å². The van der Waals surface area contributed by atoms with Gasteiger partial charge >= 0.3 is 0 Å². The molecule has 0 saturated carbocycles. The fraction of sp³-hybridized carbons (Fsp3) is 0.105. The molecule has 0 aliphatic carbocycles. The van der Waals surface area contributed by atoms with Gasteiger partial charge in [0.25, 0.3) is 11.8 Å². The molecule has 8 heteroatoms. The van der Waals surface area contributed by atoms with Crippen molar-refractivity contribution >= 4 is 41.1 Å². The Morgan fingerprint density at radius 1 is 1.19 bits per heavy atom. The first-order valence-corrected chi connectivity index (χ1v) is 8.10. The van der Waals surface area contributed by atoms with Crippen molar-refractivity contribution in [2.24, 2.45) is 9.98 Å². The van der Waals surface area contributed by atoms with E-state index >= 15 is 0 Å². The van der Waals surface area contributed by atoms with Gasteiger partial charge in [0, 0.05) is 37.4 Å². The maximum atomic E-state index is 12.4. The van der Waals surface area contributed by atoms with Gasteiger partial charge in [0.15, 0.2) is 0 Å². The molecule has 2 aromatic heterocycles. The Bertz CT molecular complexity index is 1030. The Morgan fingerprint density at radius 3 is 2.67 bits per heavy atom. The number of guanidine groups is 1. The van der Waals surface area contributed by atoms with E-state index in [9.17, 15) is 9.59 Å². The quantitative estimate of drug-likeness (QED) is 0.552. The first-order chi connectivity index (χ1) is 13.0. The lowest BCUT2D eigenvalue weighted by Crippen LogP contribution is -2.29. The lowest BCUT2D eigenvalue weighted by molar-refractivity contribution is 0.0821.